The molecule has 152 valence electrons. The Labute approximate surface area is 173 Å². The van der Waals surface area contributed by atoms with Crippen LogP contribution in [0, 0.1) is 30.2 Å². The van der Waals surface area contributed by atoms with E-state index in [2.05, 4.69) is 6.58 Å². The van der Waals surface area contributed by atoms with Gasteiger partial charge in [0.05, 0.1) is 0 Å². The van der Waals surface area contributed by atoms with Gasteiger partial charge < -0.3 is 0 Å². The zero-order valence-electron chi connectivity index (χ0n) is 16.6. The summed E-state index contributed by atoms with van der Waals surface area (Å²) in [6.07, 6.45) is 5.50. The Hall–Kier alpha value is -3.40. The lowest BCUT2D eigenvalue weighted by Gasteiger charge is -2.09. The Morgan fingerprint density at radius 2 is 1.37 bits per heavy atom. The van der Waals surface area contributed by atoms with Gasteiger partial charge in [-0.1, -0.05) is 66.8 Å². The van der Waals surface area contributed by atoms with E-state index in [1.165, 1.54) is 12.1 Å². The largest absolute Gasteiger partial charge is 0.206 e. The number of hydrogen-bond donors (Lipinski definition) is 0. The molecule has 30 heavy (non-hydrogen) atoms. The molecule has 0 atom stereocenters. The van der Waals surface area contributed by atoms with Crippen molar-refractivity contribution >= 4 is 11.1 Å². The van der Waals surface area contributed by atoms with Gasteiger partial charge in [0, 0.05) is 5.56 Å². The highest BCUT2D eigenvalue weighted by molar-refractivity contribution is 5.81. The Morgan fingerprint density at radius 1 is 0.767 bits per heavy atom. The minimum absolute atomic E-state index is 0.0138. The average molecular weight is 408 g/mol. The summed E-state index contributed by atoms with van der Waals surface area (Å²) < 4.78 is 54.8. The molecule has 0 radical (unpaired) electrons. The lowest BCUT2D eigenvalue weighted by Crippen LogP contribution is -1.94. The molecule has 0 spiro atoms. The van der Waals surface area contributed by atoms with Gasteiger partial charge in [0.1, 0.15) is 5.82 Å². The van der Waals surface area contributed by atoms with Gasteiger partial charge >= 0.3 is 0 Å². The first kappa shape index (κ1) is 21.3. The van der Waals surface area contributed by atoms with Crippen molar-refractivity contribution in [3.63, 3.8) is 0 Å². The van der Waals surface area contributed by atoms with Crippen molar-refractivity contribution in [3.05, 3.63) is 119 Å². The van der Waals surface area contributed by atoms with Crippen molar-refractivity contribution in [1.82, 2.24) is 0 Å². The lowest BCUT2D eigenvalue weighted by molar-refractivity contribution is 0.447. The van der Waals surface area contributed by atoms with Crippen molar-refractivity contribution in [2.24, 2.45) is 0 Å². The number of aryl methyl sites for hydroxylation is 1. The summed E-state index contributed by atoms with van der Waals surface area (Å²) >= 11 is 0. The predicted octanol–water partition coefficient (Wildman–Crippen LogP) is 7.89. The highest BCUT2D eigenvalue weighted by Gasteiger charge is 2.14. The molecule has 0 amide bonds. The molecule has 0 saturated carbocycles. The van der Waals surface area contributed by atoms with E-state index in [-0.39, 0.29) is 11.1 Å². The number of rotatable bonds is 5. The van der Waals surface area contributed by atoms with E-state index in [1.807, 2.05) is 56.3 Å². The van der Waals surface area contributed by atoms with E-state index < -0.39 is 23.3 Å². The van der Waals surface area contributed by atoms with Gasteiger partial charge in [-0.05, 0) is 59.9 Å². The van der Waals surface area contributed by atoms with Crippen LogP contribution in [-0.2, 0) is 0 Å². The fourth-order valence-electron chi connectivity index (χ4n) is 3.05. The average Bonchev–Trinajstić information content (AvgIpc) is 2.72. The molecule has 0 saturated heterocycles. The topological polar surface area (TPSA) is 0 Å². The molecule has 0 aliphatic carbocycles. The summed E-state index contributed by atoms with van der Waals surface area (Å²) in [7, 11) is 0. The maximum absolute atomic E-state index is 14.7. The minimum atomic E-state index is -1.58. The maximum atomic E-state index is 14.7. The fourth-order valence-corrected chi connectivity index (χ4v) is 3.05. The molecule has 0 N–H and O–H groups in total. The highest BCUT2D eigenvalue weighted by Crippen LogP contribution is 2.29. The second-order valence-electron chi connectivity index (χ2n) is 6.92. The predicted molar refractivity (Wildman–Crippen MR) is 115 cm³/mol. The van der Waals surface area contributed by atoms with E-state index in [9.17, 15) is 17.6 Å². The molecule has 0 aliphatic rings. The number of allylic oxidation sites excluding steroid dienone is 5. The smallest absolute Gasteiger partial charge is 0.194 e. The first-order chi connectivity index (χ1) is 14.3. The van der Waals surface area contributed by atoms with Gasteiger partial charge in [0.2, 0.25) is 0 Å². The lowest BCUT2D eigenvalue weighted by atomic mass is 9.98. The zero-order chi connectivity index (χ0) is 21.8. The molecule has 0 bridgehead atoms. The van der Waals surface area contributed by atoms with Crippen molar-refractivity contribution in [3.8, 4) is 11.1 Å². The van der Waals surface area contributed by atoms with Crippen LogP contribution in [0.4, 0.5) is 17.6 Å². The third-order valence-electron chi connectivity index (χ3n) is 4.79. The molecule has 3 aromatic carbocycles. The van der Waals surface area contributed by atoms with Gasteiger partial charge in [-0.15, -0.1) is 0 Å². The van der Waals surface area contributed by atoms with Crippen LogP contribution >= 0.6 is 0 Å². The molecule has 0 unspecified atom stereocenters. The Balaban J connectivity index is 1.87. The molecular formula is C26H20F4. The van der Waals surface area contributed by atoms with Crippen LogP contribution in [0.1, 0.15) is 23.6 Å². The van der Waals surface area contributed by atoms with Crippen LogP contribution in [0.5, 0.6) is 0 Å². The molecule has 3 rings (SSSR count). The van der Waals surface area contributed by atoms with Crippen molar-refractivity contribution < 1.29 is 17.6 Å². The van der Waals surface area contributed by atoms with E-state index in [0.717, 1.165) is 34.4 Å². The SMILES string of the molecule is C=C(C=CC(=CC)c1ccc(-c2cc(F)c(F)c(F)c2)c(F)c1)c1ccc(C)cc1. The molecular weight excluding hydrogens is 388 g/mol. The van der Waals surface area contributed by atoms with Crippen molar-refractivity contribution in [2.75, 3.05) is 0 Å². The summed E-state index contributed by atoms with van der Waals surface area (Å²) in [4.78, 5) is 0. The molecule has 0 nitrogen and oxygen atoms in total. The Bertz CT molecular complexity index is 1130. The molecule has 4 heteroatoms. The summed E-state index contributed by atoms with van der Waals surface area (Å²) in [5, 5.41) is 0. The minimum Gasteiger partial charge on any atom is -0.206 e. The summed E-state index contributed by atoms with van der Waals surface area (Å²) in [6, 6.07) is 13.9. The Kier molecular flexibility index (Phi) is 6.36. The molecule has 0 heterocycles. The van der Waals surface area contributed by atoms with Gasteiger partial charge in [-0.2, -0.15) is 0 Å². The van der Waals surface area contributed by atoms with Gasteiger partial charge in [0.25, 0.3) is 0 Å². The van der Waals surface area contributed by atoms with E-state index in [1.54, 1.807) is 6.07 Å². The fraction of sp³-hybridized carbons (Fsp3) is 0.0769. The molecule has 0 aliphatic heterocycles. The van der Waals surface area contributed by atoms with Crippen molar-refractivity contribution in [1.29, 1.82) is 0 Å². The van der Waals surface area contributed by atoms with Crippen molar-refractivity contribution in [2.45, 2.75) is 13.8 Å². The van der Waals surface area contributed by atoms with Crippen LogP contribution in [0.15, 0.2) is 79.4 Å². The monoisotopic (exact) mass is 408 g/mol. The number of hydrogen-bond acceptors (Lipinski definition) is 0. The summed E-state index contributed by atoms with van der Waals surface area (Å²) in [6.45, 7) is 7.89. The van der Waals surface area contributed by atoms with Crippen LogP contribution in [-0.4, -0.2) is 0 Å². The van der Waals surface area contributed by atoms with Crippen LogP contribution in [0.25, 0.3) is 22.3 Å². The number of halogens is 4. The van der Waals surface area contributed by atoms with Crippen LogP contribution < -0.4 is 0 Å². The quantitative estimate of drug-likeness (QED) is 0.229. The second-order valence-corrected chi connectivity index (χ2v) is 6.92. The molecule has 0 fully saturated rings. The summed E-state index contributed by atoms with van der Waals surface area (Å²) in [5.74, 6) is -4.96. The summed E-state index contributed by atoms with van der Waals surface area (Å²) in [5.41, 5.74) is 4.21. The third-order valence-corrected chi connectivity index (χ3v) is 4.79. The highest BCUT2D eigenvalue weighted by atomic mass is 19.2. The van der Waals surface area contributed by atoms with E-state index in [4.69, 9.17) is 0 Å². The normalized spacial score (nSPS) is 11.9. The first-order valence-electron chi connectivity index (χ1n) is 9.35. The molecule has 0 aromatic heterocycles. The maximum Gasteiger partial charge on any atom is 0.194 e. The van der Waals surface area contributed by atoms with Gasteiger partial charge in [0.15, 0.2) is 17.5 Å². The van der Waals surface area contributed by atoms with Gasteiger partial charge in [-0.3, -0.25) is 0 Å². The van der Waals surface area contributed by atoms with Crippen LogP contribution in [0.2, 0.25) is 0 Å². The van der Waals surface area contributed by atoms with Gasteiger partial charge in [-0.25, -0.2) is 17.6 Å². The van der Waals surface area contributed by atoms with Crippen LogP contribution in [0.3, 0.4) is 0 Å². The van der Waals surface area contributed by atoms with E-state index >= 15 is 0 Å². The molecule has 3 aromatic rings. The zero-order valence-corrected chi connectivity index (χ0v) is 16.6. The Morgan fingerprint density at radius 3 is 1.93 bits per heavy atom. The standard InChI is InChI=1S/C26H20F4/c1-4-18(10-7-17(3)19-8-5-16(2)6-9-19)20-11-12-22(23(27)13-20)21-14-24(28)26(30)25(29)15-21/h4-15H,3H2,1-2H3. The number of benzene rings is 3. The van der Waals surface area contributed by atoms with E-state index in [0.29, 0.717) is 5.56 Å². The third kappa shape index (κ3) is 4.60. The second kappa shape index (κ2) is 8.95. The first-order valence-corrected chi connectivity index (χ1v) is 9.35.